The highest BCUT2D eigenvalue weighted by Gasteiger charge is 2.24. The van der Waals surface area contributed by atoms with E-state index in [2.05, 4.69) is 10.0 Å². The number of cyclic esters (lactones) is 1. The molecule has 1 saturated heterocycles. The van der Waals surface area contributed by atoms with Crippen molar-refractivity contribution in [3.8, 4) is 0 Å². The van der Waals surface area contributed by atoms with Gasteiger partial charge in [-0.15, -0.1) is 0 Å². The number of halogens is 1. The van der Waals surface area contributed by atoms with E-state index in [9.17, 15) is 18.0 Å². The highest BCUT2D eigenvalue weighted by Crippen LogP contribution is 2.25. The molecular weight excluding hydrogens is 458 g/mol. The van der Waals surface area contributed by atoms with Gasteiger partial charge in [-0.1, -0.05) is 17.7 Å². The van der Waals surface area contributed by atoms with Gasteiger partial charge in [-0.2, -0.15) is 0 Å². The Morgan fingerprint density at radius 3 is 2.69 bits per heavy atom. The zero-order chi connectivity index (χ0) is 22.7. The molecule has 0 radical (unpaired) electrons. The third-order valence-electron chi connectivity index (χ3n) is 4.68. The van der Waals surface area contributed by atoms with Gasteiger partial charge in [0.05, 0.1) is 24.4 Å². The van der Waals surface area contributed by atoms with Crippen molar-refractivity contribution in [2.75, 3.05) is 23.4 Å². The Bertz CT molecular complexity index is 1260. The first kappa shape index (κ1) is 21.9. The van der Waals surface area contributed by atoms with Gasteiger partial charge in [0.25, 0.3) is 5.91 Å². The van der Waals surface area contributed by atoms with Gasteiger partial charge in [0, 0.05) is 16.9 Å². The number of hydrogen-bond donors (Lipinski definition) is 2. The Morgan fingerprint density at radius 1 is 1.12 bits per heavy atom. The predicted molar refractivity (Wildman–Crippen MR) is 117 cm³/mol. The van der Waals surface area contributed by atoms with Gasteiger partial charge >= 0.3 is 6.09 Å². The Balaban J connectivity index is 1.52. The van der Waals surface area contributed by atoms with E-state index in [0.29, 0.717) is 30.3 Å². The first-order chi connectivity index (χ1) is 15.3. The van der Waals surface area contributed by atoms with Gasteiger partial charge in [0.15, 0.2) is 0 Å². The number of nitrogens with zero attached hydrogens (tertiary/aromatic N) is 1. The number of carbonyl (C=O) groups is 2. The molecule has 0 unspecified atom stereocenters. The maximum absolute atomic E-state index is 12.8. The summed E-state index contributed by atoms with van der Waals surface area (Å²) in [6.45, 7) is 0.652. The number of nitrogens with one attached hydrogen (secondary N) is 2. The minimum absolute atomic E-state index is 0.0250. The number of amides is 2. The van der Waals surface area contributed by atoms with Crippen LogP contribution in [0.3, 0.4) is 0 Å². The van der Waals surface area contributed by atoms with Crippen molar-refractivity contribution in [1.29, 1.82) is 0 Å². The summed E-state index contributed by atoms with van der Waals surface area (Å²) in [5.41, 5.74) is 1.10. The lowest BCUT2D eigenvalue weighted by Crippen LogP contribution is -2.24. The van der Waals surface area contributed by atoms with Crippen LogP contribution >= 0.6 is 11.6 Å². The maximum atomic E-state index is 12.8. The number of hydrogen-bond acceptors (Lipinski definition) is 6. The SMILES string of the molecule is O=C(Nc1cccc(N2CCOC2=O)c1)c1ccc(Cl)c(S(=O)(=O)NCc2ccco2)c1. The first-order valence-electron chi connectivity index (χ1n) is 9.51. The van der Waals surface area contributed by atoms with Crippen molar-refractivity contribution in [2.24, 2.45) is 0 Å². The van der Waals surface area contributed by atoms with E-state index >= 15 is 0 Å². The summed E-state index contributed by atoms with van der Waals surface area (Å²) in [4.78, 5) is 25.7. The van der Waals surface area contributed by atoms with Crippen LogP contribution in [0.2, 0.25) is 5.02 Å². The maximum Gasteiger partial charge on any atom is 0.414 e. The van der Waals surface area contributed by atoms with Crippen molar-refractivity contribution >= 4 is 45.0 Å². The zero-order valence-corrected chi connectivity index (χ0v) is 18.2. The largest absolute Gasteiger partial charge is 0.468 e. The average Bonchev–Trinajstić information content (AvgIpc) is 3.44. The van der Waals surface area contributed by atoms with E-state index in [1.54, 1.807) is 36.4 Å². The van der Waals surface area contributed by atoms with E-state index in [4.69, 9.17) is 20.8 Å². The van der Waals surface area contributed by atoms with Crippen LogP contribution in [-0.2, 0) is 21.3 Å². The van der Waals surface area contributed by atoms with Crippen LogP contribution < -0.4 is 14.9 Å². The topological polar surface area (TPSA) is 118 Å². The number of anilines is 2. The lowest BCUT2D eigenvalue weighted by atomic mass is 10.2. The molecule has 1 aliphatic heterocycles. The molecule has 9 nitrogen and oxygen atoms in total. The van der Waals surface area contributed by atoms with Gasteiger partial charge in [0.2, 0.25) is 10.0 Å². The van der Waals surface area contributed by atoms with E-state index < -0.39 is 22.0 Å². The molecule has 0 atom stereocenters. The monoisotopic (exact) mass is 475 g/mol. The van der Waals surface area contributed by atoms with Crippen LogP contribution in [0.25, 0.3) is 0 Å². The lowest BCUT2D eigenvalue weighted by molar-refractivity contribution is 0.102. The third-order valence-corrected chi connectivity index (χ3v) is 6.56. The van der Waals surface area contributed by atoms with E-state index in [-0.39, 0.29) is 22.0 Å². The van der Waals surface area contributed by atoms with Crippen LogP contribution in [-0.4, -0.2) is 33.6 Å². The van der Waals surface area contributed by atoms with Gasteiger partial charge in [-0.05, 0) is 48.5 Å². The van der Waals surface area contributed by atoms with E-state index in [1.165, 1.54) is 29.4 Å². The molecule has 1 aromatic heterocycles. The second-order valence-corrected chi connectivity index (χ2v) is 8.96. The Morgan fingerprint density at radius 2 is 1.97 bits per heavy atom. The van der Waals surface area contributed by atoms with Crippen LogP contribution in [0.15, 0.2) is 70.2 Å². The molecule has 166 valence electrons. The molecule has 0 spiro atoms. The number of benzene rings is 2. The van der Waals surface area contributed by atoms with Crippen LogP contribution in [0.4, 0.5) is 16.2 Å². The molecule has 32 heavy (non-hydrogen) atoms. The highest BCUT2D eigenvalue weighted by molar-refractivity contribution is 7.89. The third kappa shape index (κ3) is 4.77. The Kier molecular flexibility index (Phi) is 6.17. The molecular formula is C21H18ClN3O6S. The molecule has 11 heteroatoms. The summed E-state index contributed by atoms with van der Waals surface area (Å²) < 4.78 is 37.8. The smallest absolute Gasteiger partial charge is 0.414 e. The lowest BCUT2D eigenvalue weighted by Gasteiger charge is -2.14. The second-order valence-electron chi connectivity index (χ2n) is 6.82. The molecule has 4 rings (SSSR count). The Hall–Kier alpha value is -3.34. The molecule has 2 N–H and O–H groups in total. The second kappa shape index (κ2) is 9.03. The van der Waals surface area contributed by atoms with Crippen LogP contribution in [0.5, 0.6) is 0 Å². The number of furan rings is 1. The normalized spacial score (nSPS) is 13.8. The van der Waals surface area contributed by atoms with Gasteiger partial charge in [0.1, 0.15) is 17.3 Å². The quantitative estimate of drug-likeness (QED) is 0.538. The zero-order valence-electron chi connectivity index (χ0n) is 16.6. The fourth-order valence-electron chi connectivity index (χ4n) is 3.09. The molecule has 2 amide bonds. The van der Waals surface area contributed by atoms with Crippen molar-refractivity contribution in [1.82, 2.24) is 4.72 Å². The van der Waals surface area contributed by atoms with Crippen LogP contribution in [0, 0.1) is 0 Å². The summed E-state index contributed by atoms with van der Waals surface area (Å²) in [6.07, 6.45) is 0.978. The number of sulfonamides is 1. The predicted octanol–water partition coefficient (Wildman–Crippen LogP) is 3.62. The summed E-state index contributed by atoms with van der Waals surface area (Å²) in [7, 11) is -4.00. The van der Waals surface area contributed by atoms with Crippen molar-refractivity contribution in [2.45, 2.75) is 11.4 Å². The van der Waals surface area contributed by atoms with Crippen LogP contribution in [0.1, 0.15) is 16.1 Å². The number of ether oxygens (including phenoxy) is 1. The minimum atomic E-state index is -4.00. The number of rotatable bonds is 7. The van der Waals surface area contributed by atoms with Gasteiger partial charge in [-0.3, -0.25) is 9.69 Å². The van der Waals surface area contributed by atoms with Gasteiger partial charge in [-0.25, -0.2) is 17.9 Å². The molecule has 0 saturated carbocycles. The van der Waals surface area contributed by atoms with E-state index in [1.807, 2.05) is 0 Å². The fourth-order valence-corrected chi connectivity index (χ4v) is 4.61. The number of carbonyl (C=O) groups excluding carboxylic acids is 2. The van der Waals surface area contributed by atoms with Crippen molar-refractivity contribution in [3.63, 3.8) is 0 Å². The Labute approximate surface area is 189 Å². The molecule has 0 aliphatic carbocycles. The van der Waals surface area contributed by atoms with Crippen molar-refractivity contribution in [3.05, 3.63) is 77.2 Å². The van der Waals surface area contributed by atoms with Gasteiger partial charge < -0.3 is 14.5 Å². The fraction of sp³-hybridized carbons (Fsp3) is 0.143. The van der Waals surface area contributed by atoms with E-state index in [0.717, 1.165) is 0 Å². The summed E-state index contributed by atoms with van der Waals surface area (Å²) in [5.74, 6) is -0.106. The highest BCUT2D eigenvalue weighted by atomic mass is 35.5. The summed E-state index contributed by atoms with van der Waals surface area (Å²) >= 11 is 6.09. The first-order valence-corrected chi connectivity index (χ1v) is 11.4. The molecule has 0 bridgehead atoms. The summed E-state index contributed by atoms with van der Waals surface area (Å²) in [5, 5.41) is 2.67. The molecule has 1 aliphatic rings. The standard InChI is InChI=1S/C21H18ClN3O6S/c22-18-7-6-14(11-19(18)32(28,29)23-13-17-5-2-9-30-17)20(26)24-15-3-1-4-16(12-15)25-8-10-31-21(25)27/h1-7,9,11-12,23H,8,10,13H2,(H,24,26). The molecule has 3 aromatic rings. The van der Waals surface area contributed by atoms with Crippen molar-refractivity contribution < 1.29 is 27.2 Å². The minimum Gasteiger partial charge on any atom is -0.468 e. The summed E-state index contributed by atoms with van der Waals surface area (Å²) in [6, 6.07) is 13.9. The average molecular weight is 476 g/mol. The molecule has 2 aromatic carbocycles. The molecule has 2 heterocycles. The molecule has 1 fully saturated rings.